The zero-order valence-corrected chi connectivity index (χ0v) is 12.7. The van der Waals surface area contributed by atoms with Gasteiger partial charge in [0.15, 0.2) is 6.61 Å². The van der Waals surface area contributed by atoms with E-state index in [0.29, 0.717) is 12.2 Å². The van der Waals surface area contributed by atoms with Crippen LogP contribution in [0.25, 0.3) is 0 Å². The van der Waals surface area contributed by atoms with E-state index in [0.717, 1.165) is 11.3 Å². The van der Waals surface area contributed by atoms with Crippen molar-refractivity contribution in [3.8, 4) is 0 Å². The fourth-order valence-electron chi connectivity index (χ4n) is 1.74. The van der Waals surface area contributed by atoms with Gasteiger partial charge in [0.1, 0.15) is 0 Å². The van der Waals surface area contributed by atoms with Crippen LogP contribution in [0.1, 0.15) is 19.4 Å². The van der Waals surface area contributed by atoms with Gasteiger partial charge in [-0.05, 0) is 23.8 Å². The third-order valence-electron chi connectivity index (χ3n) is 2.48. The Balaban J connectivity index is 2.92. The number of halogens is 3. The van der Waals surface area contributed by atoms with Crippen LogP contribution in [0, 0.1) is 5.92 Å². The lowest BCUT2D eigenvalue weighted by Gasteiger charge is -2.28. The first-order valence-corrected chi connectivity index (χ1v) is 7.77. The molecule has 0 spiro atoms. The van der Waals surface area contributed by atoms with Crippen molar-refractivity contribution in [3.05, 3.63) is 29.8 Å². The van der Waals surface area contributed by atoms with E-state index < -0.39 is 12.8 Å². The highest BCUT2D eigenvalue weighted by Gasteiger charge is 2.30. The first-order valence-electron chi connectivity index (χ1n) is 6.37. The SMILES string of the molecule is CSCc1ccccc1N(CC(C)C)OCC(F)(F)F. The van der Waals surface area contributed by atoms with Crippen molar-refractivity contribution < 1.29 is 18.0 Å². The molecule has 0 saturated carbocycles. The quantitative estimate of drug-likeness (QED) is 0.688. The van der Waals surface area contributed by atoms with Gasteiger partial charge in [-0.25, -0.2) is 0 Å². The van der Waals surface area contributed by atoms with E-state index in [4.69, 9.17) is 4.84 Å². The summed E-state index contributed by atoms with van der Waals surface area (Å²) in [5, 5.41) is 1.36. The average Bonchev–Trinajstić information content (AvgIpc) is 2.34. The van der Waals surface area contributed by atoms with Gasteiger partial charge in [0.05, 0.1) is 5.69 Å². The Labute approximate surface area is 122 Å². The maximum Gasteiger partial charge on any atom is 0.414 e. The van der Waals surface area contributed by atoms with Crippen molar-refractivity contribution in [2.75, 3.05) is 24.5 Å². The molecule has 0 unspecified atom stereocenters. The smallest absolute Gasteiger partial charge is 0.264 e. The van der Waals surface area contributed by atoms with Crippen LogP contribution in [0.15, 0.2) is 24.3 Å². The van der Waals surface area contributed by atoms with E-state index in [-0.39, 0.29) is 5.92 Å². The number of hydrogen-bond acceptors (Lipinski definition) is 3. The number of anilines is 1. The predicted molar refractivity (Wildman–Crippen MR) is 77.9 cm³/mol. The lowest BCUT2D eigenvalue weighted by molar-refractivity contribution is -0.177. The predicted octanol–water partition coefficient (Wildman–Crippen LogP) is 4.51. The molecular weight excluding hydrogens is 287 g/mol. The van der Waals surface area contributed by atoms with Gasteiger partial charge < -0.3 is 0 Å². The molecule has 2 nitrogen and oxygen atoms in total. The molecule has 0 fully saturated rings. The van der Waals surface area contributed by atoms with Crippen LogP contribution in [-0.4, -0.2) is 25.6 Å². The Hall–Kier alpha value is -0.880. The zero-order valence-electron chi connectivity index (χ0n) is 11.9. The van der Waals surface area contributed by atoms with E-state index in [1.54, 1.807) is 17.8 Å². The summed E-state index contributed by atoms with van der Waals surface area (Å²) in [5.74, 6) is 0.936. The Kier molecular flexibility index (Phi) is 6.68. The summed E-state index contributed by atoms with van der Waals surface area (Å²) in [5.41, 5.74) is 1.68. The third-order valence-corrected chi connectivity index (χ3v) is 3.07. The molecule has 0 aliphatic rings. The molecular formula is C14H20F3NOS. The highest BCUT2D eigenvalue weighted by Crippen LogP contribution is 2.26. The molecule has 0 atom stereocenters. The molecule has 114 valence electrons. The van der Waals surface area contributed by atoms with Gasteiger partial charge in [-0.3, -0.25) is 9.90 Å². The van der Waals surface area contributed by atoms with Crippen LogP contribution in [-0.2, 0) is 10.6 Å². The molecule has 1 rings (SSSR count). The molecule has 0 amide bonds. The van der Waals surface area contributed by atoms with E-state index in [9.17, 15) is 13.2 Å². The summed E-state index contributed by atoms with van der Waals surface area (Å²) in [6, 6.07) is 7.40. The molecule has 0 aromatic heterocycles. The lowest BCUT2D eigenvalue weighted by atomic mass is 10.1. The molecule has 0 bridgehead atoms. The Morgan fingerprint density at radius 3 is 2.45 bits per heavy atom. The molecule has 6 heteroatoms. The average molecular weight is 307 g/mol. The molecule has 0 radical (unpaired) electrons. The van der Waals surface area contributed by atoms with Crippen LogP contribution in [0.2, 0.25) is 0 Å². The van der Waals surface area contributed by atoms with Gasteiger partial charge in [-0.1, -0.05) is 32.0 Å². The van der Waals surface area contributed by atoms with Crippen LogP contribution in [0.4, 0.5) is 18.9 Å². The Morgan fingerprint density at radius 2 is 1.90 bits per heavy atom. The fraction of sp³-hybridized carbons (Fsp3) is 0.571. The maximum atomic E-state index is 12.4. The number of rotatable bonds is 7. The van der Waals surface area contributed by atoms with Gasteiger partial charge in [0.25, 0.3) is 0 Å². The fourth-order valence-corrected chi connectivity index (χ4v) is 2.29. The summed E-state index contributed by atoms with van der Waals surface area (Å²) < 4.78 is 37.1. The van der Waals surface area contributed by atoms with Crippen molar-refractivity contribution in [2.24, 2.45) is 5.92 Å². The zero-order chi connectivity index (χ0) is 15.2. The minimum atomic E-state index is -4.33. The summed E-state index contributed by atoms with van der Waals surface area (Å²) in [7, 11) is 0. The molecule has 0 aliphatic heterocycles. The molecule has 0 saturated heterocycles. The molecule has 1 aromatic rings. The van der Waals surface area contributed by atoms with Gasteiger partial charge >= 0.3 is 6.18 Å². The number of nitrogens with zero attached hydrogens (tertiary/aromatic N) is 1. The summed E-state index contributed by atoms with van der Waals surface area (Å²) >= 11 is 1.62. The second-order valence-corrected chi connectivity index (χ2v) is 5.77. The summed E-state index contributed by atoms with van der Waals surface area (Å²) in [4.78, 5) is 4.99. The van der Waals surface area contributed by atoms with Crippen molar-refractivity contribution in [1.29, 1.82) is 0 Å². The minimum absolute atomic E-state index is 0.200. The second kappa shape index (κ2) is 7.78. The van der Waals surface area contributed by atoms with Gasteiger partial charge in [-0.15, -0.1) is 0 Å². The number of alkyl halides is 3. The number of thioether (sulfide) groups is 1. The largest absolute Gasteiger partial charge is 0.414 e. The molecule has 20 heavy (non-hydrogen) atoms. The third kappa shape index (κ3) is 6.05. The molecule has 1 aromatic carbocycles. The lowest BCUT2D eigenvalue weighted by Crippen LogP contribution is -2.33. The molecule has 0 heterocycles. The van der Waals surface area contributed by atoms with E-state index in [1.165, 1.54) is 5.06 Å². The molecule has 0 aliphatic carbocycles. The monoisotopic (exact) mass is 307 g/mol. The summed E-state index contributed by atoms with van der Waals surface area (Å²) in [6.07, 6.45) is -2.37. The summed E-state index contributed by atoms with van der Waals surface area (Å²) in [6.45, 7) is 3.04. The van der Waals surface area contributed by atoms with Crippen molar-refractivity contribution in [2.45, 2.75) is 25.8 Å². The van der Waals surface area contributed by atoms with Crippen molar-refractivity contribution in [1.82, 2.24) is 0 Å². The van der Waals surface area contributed by atoms with Crippen molar-refractivity contribution >= 4 is 17.4 Å². The second-order valence-electron chi connectivity index (χ2n) is 4.91. The van der Waals surface area contributed by atoms with Crippen LogP contribution in [0.5, 0.6) is 0 Å². The van der Waals surface area contributed by atoms with E-state index >= 15 is 0 Å². The van der Waals surface area contributed by atoms with E-state index in [1.807, 2.05) is 38.3 Å². The number of para-hydroxylation sites is 1. The Morgan fingerprint density at radius 1 is 1.25 bits per heavy atom. The van der Waals surface area contributed by atoms with Gasteiger partial charge in [0, 0.05) is 12.3 Å². The normalized spacial score (nSPS) is 11.9. The minimum Gasteiger partial charge on any atom is -0.264 e. The van der Waals surface area contributed by atoms with Crippen LogP contribution in [0.3, 0.4) is 0 Å². The standard InChI is InChI=1S/C14H20F3NOS/c1-11(2)8-18(19-10-14(15,16)17)13-7-5-4-6-12(13)9-20-3/h4-7,11H,8-10H2,1-3H3. The van der Waals surface area contributed by atoms with Crippen LogP contribution >= 0.6 is 11.8 Å². The topological polar surface area (TPSA) is 12.5 Å². The first-order chi connectivity index (χ1) is 9.33. The van der Waals surface area contributed by atoms with E-state index in [2.05, 4.69) is 0 Å². The van der Waals surface area contributed by atoms with Crippen LogP contribution < -0.4 is 5.06 Å². The van der Waals surface area contributed by atoms with Gasteiger partial charge in [-0.2, -0.15) is 24.9 Å². The maximum absolute atomic E-state index is 12.4. The van der Waals surface area contributed by atoms with Gasteiger partial charge in [0.2, 0.25) is 0 Å². The highest BCUT2D eigenvalue weighted by molar-refractivity contribution is 7.97. The highest BCUT2D eigenvalue weighted by atomic mass is 32.2. The first kappa shape index (κ1) is 17.2. The Bertz CT molecular complexity index is 410. The molecule has 0 N–H and O–H groups in total. The van der Waals surface area contributed by atoms with Crippen molar-refractivity contribution in [3.63, 3.8) is 0 Å². The number of hydrogen-bond donors (Lipinski definition) is 0. The number of hydroxylamine groups is 1. The number of benzene rings is 1.